The molecule has 0 unspecified atom stereocenters. The van der Waals surface area contributed by atoms with Crippen molar-refractivity contribution in [3.05, 3.63) is 182 Å². The van der Waals surface area contributed by atoms with Crippen LogP contribution in [-0.4, -0.2) is 15.0 Å². The molecule has 0 N–H and O–H groups in total. The quantitative estimate of drug-likeness (QED) is 0.184. The number of nitrogens with zero attached hydrogens (tertiary/aromatic N) is 4. The highest BCUT2D eigenvalue weighted by molar-refractivity contribution is 5.88. The van der Waals surface area contributed by atoms with E-state index in [0.29, 0.717) is 0 Å². The maximum Gasteiger partial charge on any atom is 0.0708 e. The summed E-state index contributed by atoms with van der Waals surface area (Å²) in [7, 11) is 0. The first-order valence-electron chi connectivity index (χ1n) is 16.4. The second-order valence-corrected chi connectivity index (χ2v) is 12.2. The van der Waals surface area contributed by atoms with Gasteiger partial charge in [0.25, 0.3) is 0 Å². The number of rotatable bonds is 6. The van der Waals surface area contributed by atoms with Crippen molar-refractivity contribution in [1.29, 1.82) is 0 Å². The Morgan fingerprint density at radius 1 is 0.286 bits per heavy atom. The van der Waals surface area contributed by atoms with Crippen molar-refractivity contribution in [3.63, 3.8) is 0 Å². The maximum atomic E-state index is 4.76. The number of fused-ring (bicyclic) bond motifs is 3. The average molecular weight is 627 g/mol. The van der Waals surface area contributed by atoms with E-state index in [2.05, 4.69) is 150 Å². The van der Waals surface area contributed by atoms with E-state index in [1.165, 1.54) is 16.2 Å². The molecule has 0 spiro atoms. The maximum absolute atomic E-state index is 4.76. The molecule has 0 saturated carbocycles. The van der Waals surface area contributed by atoms with E-state index in [-0.39, 0.29) is 0 Å². The third kappa shape index (κ3) is 5.56. The van der Waals surface area contributed by atoms with Crippen molar-refractivity contribution in [2.45, 2.75) is 0 Å². The van der Waals surface area contributed by atoms with Gasteiger partial charge in [-0.25, -0.2) is 0 Å². The Labute approximate surface area is 284 Å². The normalized spacial score (nSPS) is 11.3. The topological polar surface area (TPSA) is 41.9 Å². The Balaban J connectivity index is 1.09. The number of anilines is 3. The van der Waals surface area contributed by atoms with E-state index in [9.17, 15) is 0 Å². The number of pyridine rings is 3. The Morgan fingerprint density at radius 3 is 0.837 bits per heavy atom. The van der Waals surface area contributed by atoms with E-state index in [1.807, 2.05) is 36.8 Å². The predicted molar refractivity (Wildman–Crippen MR) is 203 cm³/mol. The molecule has 49 heavy (non-hydrogen) atoms. The van der Waals surface area contributed by atoms with Crippen molar-refractivity contribution in [2.24, 2.45) is 0 Å². The Hall–Kier alpha value is -6.65. The van der Waals surface area contributed by atoms with Gasteiger partial charge in [0.2, 0.25) is 0 Å². The lowest BCUT2D eigenvalue weighted by Crippen LogP contribution is -2.09. The largest absolute Gasteiger partial charge is 0.311 e. The molecule has 9 aromatic rings. The summed E-state index contributed by atoms with van der Waals surface area (Å²) in [5.41, 5.74) is 9.25. The van der Waals surface area contributed by atoms with Crippen LogP contribution in [0.25, 0.3) is 66.1 Å². The number of benzene rings is 6. The minimum Gasteiger partial charge on any atom is -0.311 e. The lowest BCUT2D eigenvalue weighted by molar-refractivity contribution is 1.27. The zero-order valence-electron chi connectivity index (χ0n) is 26.6. The van der Waals surface area contributed by atoms with Crippen LogP contribution >= 0.6 is 0 Å². The van der Waals surface area contributed by atoms with E-state index in [1.54, 1.807) is 0 Å². The second kappa shape index (κ2) is 12.2. The molecule has 0 aliphatic carbocycles. The van der Waals surface area contributed by atoms with Gasteiger partial charge >= 0.3 is 0 Å². The molecule has 0 fully saturated rings. The zero-order chi connectivity index (χ0) is 32.6. The summed E-state index contributed by atoms with van der Waals surface area (Å²) in [5.74, 6) is 0. The van der Waals surface area contributed by atoms with Gasteiger partial charge in [0.15, 0.2) is 0 Å². The Bertz CT molecular complexity index is 2300. The Kier molecular flexibility index (Phi) is 7.10. The summed E-state index contributed by atoms with van der Waals surface area (Å²) in [6.45, 7) is 0. The average Bonchev–Trinajstić information content (AvgIpc) is 3.18. The van der Waals surface area contributed by atoms with Crippen LogP contribution in [0.3, 0.4) is 0 Å². The van der Waals surface area contributed by atoms with Gasteiger partial charge in [-0.05, 0) is 70.8 Å². The molecule has 0 saturated heterocycles. The van der Waals surface area contributed by atoms with Crippen LogP contribution in [0.4, 0.5) is 17.1 Å². The van der Waals surface area contributed by atoms with Crippen LogP contribution in [0.1, 0.15) is 0 Å². The highest BCUT2D eigenvalue weighted by Gasteiger charge is 2.15. The van der Waals surface area contributed by atoms with Crippen LogP contribution < -0.4 is 4.90 Å². The van der Waals surface area contributed by atoms with Gasteiger partial charge in [0, 0.05) is 68.5 Å². The van der Waals surface area contributed by atoms with Crippen molar-refractivity contribution in [3.8, 4) is 33.8 Å². The van der Waals surface area contributed by atoms with Crippen LogP contribution in [0, 0.1) is 0 Å². The van der Waals surface area contributed by atoms with Crippen molar-refractivity contribution >= 4 is 49.4 Å². The lowest BCUT2D eigenvalue weighted by atomic mass is 10.0. The lowest BCUT2D eigenvalue weighted by Gasteiger charge is -2.26. The molecule has 230 valence electrons. The molecule has 0 bridgehead atoms. The van der Waals surface area contributed by atoms with Gasteiger partial charge in [-0.3, -0.25) is 15.0 Å². The van der Waals surface area contributed by atoms with Crippen molar-refractivity contribution in [1.82, 2.24) is 15.0 Å². The molecule has 3 aromatic heterocycles. The SMILES string of the molecule is c1ccc2cc(-c3ccc(N(c4ccc(-c5cc6ccccc6cn5)cc4)c4ccc(-c5cc6ccccc6cn5)cc4)cc3)ncc2c1. The monoisotopic (exact) mass is 626 g/mol. The zero-order valence-corrected chi connectivity index (χ0v) is 26.6. The third-order valence-electron chi connectivity index (χ3n) is 9.16. The van der Waals surface area contributed by atoms with E-state index < -0.39 is 0 Å². The van der Waals surface area contributed by atoms with Gasteiger partial charge in [0.05, 0.1) is 17.1 Å². The Morgan fingerprint density at radius 2 is 0.551 bits per heavy atom. The van der Waals surface area contributed by atoms with Crippen LogP contribution in [-0.2, 0) is 0 Å². The van der Waals surface area contributed by atoms with Crippen LogP contribution in [0.15, 0.2) is 182 Å². The first kappa shape index (κ1) is 28.6. The molecule has 6 aromatic carbocycles. The molecule has 0 aliphatic rings. The highest BCUT2D eigenvalue weighted by Crippen LogP contribution is 2.38. The highest BCUT2D eigenvalue weighted by atomic mass is 15.1. The first-order chi connectivity index (χ1) is 24.2. The number of hydrogen-bond donors (Lipinski definition) is 0. The van der Waals surface area contributed by atoms with Gasteiger partial charge in [-0.2, -0.15) is 0 Å². The summed E-state index contributed by atoms with van der Waals surface area (Å²) in [4.78, 5) is 16.6. The molecule has 9 rings (SSSR count). The molecular weight excluding hydrogens is 597 g/mol. The molecule has 0 aliphatic heterocycles. The molecule has 3 heterocycles. The summed E-state index contributed by atoms with van der Waals surface area (Å²) in [5, 5.41) is 6.96. The third-order valence-corrected chi connectivity index (χ3v) is 9.16. The van der Waals surface area contributed by atoms with Crippen LogP contribution in [0.2, 0.25) is 0 Å². The van der Waals surface area contributed by atoms with Crippen molar-refractivity contribution < 1.29 is 0 Å². The number of aromatic nitrogens is 3. The van der Waals surface area contributed by atoms with Crippen LogP contribution in [0.5, 0.6) is 0 Å². The minimum absolute atomic E-state index is 0.955. The van der Waals surface area contributed by atoms with E-state index >= 15 is 0 Å². The number of hydrogen-bond acceptors (Lipinski definition) is 4. The fourth-order valence-corrected chi connectivity index (χ4v) is 6.52. The predicted octanol–water partition coefficient (Wildman–Crippen LogP) is 11.8. The molecular formula is C45H30N4. The second-order valence-electron chi connectivity index (χ2n) is 12.2. The summed E-state index contributed by atoms with van der Waals surface area (Å²) < 4.78 is 0. The van der Waals surface area contributed by atoms with Crippen molar-refractivity contribution in [2.75, 3.05) is 4.90 Å². The molecule has 4 nitrogen and oxygen atoms in total. The summed E-state index contributed by atoms with van der Waals surface area (Å²) in [6.07, 6.45) is 5.84. The smallest absolute Gasteiger partial charge is 0.0708 e. The van der Waals surface area contributed by atoms with Gasteiger partial charge in [-0.15, -0.1) is 0 Å². The van der Waals surface area contributed by atoms with Gasteiger partial charge < -0.3 is 4.90 Å². The van der Waals surface area contributed by atoms with E-state index in [4.69, 9.17) is 15.0 Å². The molecule has 0 radical (unpaired) electrons. The summed E-state index contributed by atoms with van der Waals surface area (Å²) in [6, 6.07) is 57.4. The molecule has 0 atom stereocenters. The standard InChI is InChI=1S/C45H30N4/c1-4-10-37-28-46-43(25-34(37)7-1)31-13-19-40(20-14-31)49(41-21-15-32(16-22-41)44-26-35-8-2-5-11-38(35)29-47-44)42-23-17-33(18-24-42)45-27-36-9-3-6-12-39(36)30-48-45/h1-30H. The van der Waals surface area contributed by atoms with Gasteiger partial charge in [-0.1, -0.05) is 109 Å². The summed E-state index contributed by atoms with van der Waals surface area (Å²) >= 11 is 0. The molecule has 0 amide bonds. The minimum atomic E-state index is 0.955. The van der Waals surface area contributed by atoms with Gasteiger partial charge in [0.1, 0.15) is 0 Å². The van der Waals surface area contributed by atoms with E-state index in [0.717, 1.165) is 67.0 Å². The molecule has 4 heteroatoms. The fourth-order valence-electron chi connectivity index (χ4n) is 6.52. The fraction of sp³-hybridized carbons (Fsp3) is 0. The first-order valence-corrected chi connectivity index (χ1v) is 16.4.